The van der Waals surface area contributed by atoms with E-state index in [0.29, 0.717) is 45.5 Å². The maximum Gasteiger partial charge on any atom is 0.332 e. The van der Waals surface area contributed by atoms with Gasteiger partial charge in [-0.2, -0.15) is 0 Å². The molecule has 2 aliphatic heterocycles. The molecule has 2 aromatic carbocycles. The van der Waals surface area contributed by atoms with Crippen LogP contribution in [0.25, 0.3) is 33.4 Å². The van der Waals surface area contributed by atoms with Crippen molar-refractivity contribution in [1.82, 2.24) is 39.6 Å². The third-order valence-electron chi connectivity index (χ3n) is 11.1. The average Bonchev–Trinajstić information content (AvgIpc) is 3.77. The number of anilines is 2. The standard InChI is InChI=1S/C38H38ClF2N9O4/c1-19-21(7-6-10-24(19)43-31-28-33(46-32(45-31)30(40)41)48(2)37(53)49(3)35(28)51)22-8-5-9-23(29(22)39)25-17-20-11-12-26(27(20)34(44-25)54-4)50-16-14-38(18-50)13-15-42-36(52)47-38/h5-10,17,26,30H,11-16,18H2,1-4H3,(H2,42,47,52)(H,43,45,46)/t26-,38-/m0/s1. The molecule has 5 heterocycles. The summed E-state index contributed by atoms with van der Waals surface area (Å²) in [6.07, 6.45) is 0.487. The molecule has 13 nitrogen and oxygen atoms in total. The van der Waals surface area contributed by atoms with Crippen molar-refractivity contribution >= 4 is 40.2 Å². The predicted molar refractivity (Wildman–Crippen MR) is 201 cm³/mol. The summed E-state index contributed by atoms with van der Waals surface area (Å²) in [6.45, 7) is 4.16. The van der Waals surface area contributed by atoms with Gasteiger partial charge in [0.1, 0.15) is 11.2 Å². The van der Waals surface area contributed by atoms with Crippen LogP contribution < -0.4 is 31.9 Å². The van der Waals surface area contributed by atoms with Crippen LogP contribution in [0.2, 0.25) is 5.02 Å². The molecule has 1 spiro atoms. The first-order valence-corrected chi connectivity index (χ1v) is 18.1. The van der Waals surface area contributed by atoms with Gasteiger partial charge in [-0.05, 0) is 61.4 Å². The van der Waals surface area contributed by atoms with E-state index in [9.17, 15) is 23.2 Å². The quantitative estimate of drug-likeness (QED) is 0.195. The Balaban J connectivity index is 1.14. The van der Waals surface area contributed by atoms with Crippen molar-refractivity contribution in [2.24, 2.45) is 14.1 Å². The lowest BCUT2D eigenvalue weighted by atomic mass is 9.93. The van der Waals surface area contributed by atoms with Crippen LogP contribution in [0.15, 0.2) is 52.1 Å². The van der Waals surface area contributed by atoms with Gasteiger partial charge in [0.25, 0.3) is 12.0 Å². The van der Waals surface area contributed by atoms with Gasteiger partial charge in [-0.25, -0.2) is 33.3 Å². The second-order valence-corrected chi connectivity index (χ2v) is 14.6. The number of halogens is 3. The van der Waals surface area contributed by atoms with Crippen LogP contribution in [0.5, 0.6) is 5.88 Å². The molecule has 3 N–H and O–H groups in total. The van der Waals surface area contributed by atoms with E-state index >= 15 is 0 Å². The lowest BCUT2D eigenvalue weighted by Gasteiger charge is -2.36. The number of likely N-dealkylation sites (tertiary alicyclic amines) is 1. The van der Waals surface area contributed by atoms with Gasteiger partial charge in [-0.3, -0.25) is 18.8 Å². The molecule has 16 heteroatoms. The zero-order chi connectivity index (χ0) is 38.1. The summed E-state index contributed by atoms with van der Waals surface area (Å²) >= 11 is 7.21. The first-order valence-electron chi connectivity index (χ1n) is 17.7. The smallest absolute Gasteiger partial charge is 0.332 e. The number of nitrogens with zero attached hydrogens (tertiary/aromatic N) is 6. The fourth-order valence-corrected chi connectivity index (χ4v) is 8.60. The summed E-state index contributed by atoms with van der Waals surface area (Å²) in [4.78, 5) is 53.3. The van der Waals surface area contributed by atoms with Crippen molar-refractivity contribution in [3.8, 4) is 28.3 Å². The summed E-state index contributed by atoms with van der Waals surface area (Å²) in [5, 5.41) is 9.48. The minimum atomic E-state index is -3.05. The highest BCUT2D eigenvalue weighted by atomic mass is 35.5. The summed E-state index contributed by atoms with van der Waals surface area (Å²) in [5.41, 5.74) is 4.40. The number of hydrogen-bond acceptors (Lipinski definition) is 9. The van der Waals surface area contributed by atoms with Gasteiger partial charge in [0.05, 0.1) is 23.4 Å². The number of ether oxygens (including phenoxy) is 1. The number of urea groups is 1. The van der Waals surface area contributed by atoms with E-state index in [2.05, 4.69) is 36.9 Å². The van der Waals surface area contributed by atoms with Gasteiger partial charge in [-0.1, -0.05) is 41.9 Å². The highest BCUT2D eigenvalue weighted by Gasteiger charge is 2.45. The number of carbonyl (C=O) groups excluding carboxylic acids is 1. The first kappa shape index (κ1) is 35.6. The molecule has 8 rings (SSSR count). The van der Waals surface area contributed by atoms with Gasteiger partial charge < -0.3 is 20.7 Å². The number of aryl methyl sites for hydroxylation is 2. The van der Waals surface area contributed by atoms with E-state index < -0.39 is 23.5 Å². The molecule has 0 unspecified atom stereocenters. The third kappa shape index (κ3) is 5.86. The molecule has 0 bridgehead atoms. The van der Waals surface area contributed by atoms with Gasteiger partial charge in [-0.15, -0.1) is 0 Å². The number of fused-ring (bicyclic) bond motifs is 2. The van der Waals surface area contributed by atoms with Crippen LogP contribution in [-0.2, 0) is 20.5 Å². The Kier molecular flexibility index (Phi) is 8.88. The maximum atomic E-state index is 13.9. The van der Waals surface area contributed by atoms with Crippen molar-refractivity contribution < 1.29 is 18.3 Å². The fraction of sp³-hybridized carbons (Fsp3) is 0.368. The molecule has 2 amide bonds. The van der Waals surface area contributed by atoms with E-state index in [4.69, 9.17) is 21.3 Å². The van der Waals surface area contributed by atoms with Gasteiger partial charge >= 0.3 is 11.7 Å². The van der Waals surface area contributed by atoms with E-state index in [-0.39, 0.29) is 34.5 Å². The van der Waals surface area contributed by atoms with Crippen LogP contribution in [0, 0.1) is 6.92 Å². The van der Waals surface area contributed by atoms with Gasteiger partial charge in [0.2, 0.25) is 5.88 Å². The molecule has 2 saturated heterocycles. The van der Waals surface area contributed by atoms with E-state index in [0.717, 1.165) is 64.6 Å². The monoisotopic (exact) mass is 757 g/mol. The SMILES string of the molecule is COc1nc(-c2cccc(-c3cccc(Nc4nc(C(F)F)nc5c4c(=O)n(C)c(=O)n5C)c3C)c2Cl)cc2c1[C@@H](N1CC[C@@]3(CCNC(=O)N3)C1)CC2. The molecule has 3 aromatic heterocycles. The predicted octanol–water partition coefficient (Wildman–Crippen LogP) is 5.54. The number of methoxy groups -OCH3 is 1. The van der Waals surface area contributed by atoms with E-state index in [1.165, 1.54) is 14.1 Å². The van der Waals surface area contributed by atoms with Crippen molar-refractivity contribution in [2.75, 3.05) is 32.1 Å². The number of amides is 2. The zero-order valence-electron chi connectivity index (χ0n) is 30.1. The molecule has 2 fully saturated rings. The van der Waals surface area contributed by atoms with Crippen LogP contribution >= 0.6 is 11.6 Å². The highest BCUT2D eigenvalue weighted by Crippen LogP contribution is 2.46. The molecular weight excluding hydrogens is 720 g/mol. The molecule has 280 valence electrons. The molecule has 3 aliphatic rings. The lowest BCUT2D eigenvalue weighted by molar-refractivity contribution is 0.141. The largest absolute Gasteiger partial charge is 0.481 e. The van der Waals surface area contributed by atoms with Crippen molar-refractivity contribution in [3.63, 3.8) is 0 Å². The normalized spacial score (nSPS) is 19.7. The number of hydrogen-bond donors (Lipinski definition) is 3. The van der Waals surface area contributed by atoms with E-state index in [1.807, 2.05) is 31.2 Å². The summed E-state index contributed by atoms with van der Waals surface area (Å²) in [6, 6.07) is 13.2. The van der Waals surface area contributed by atoms with Crippen LogP contribution in [0.4, 0.5) is 25.1 Å². The topological polar surface area (TPSA) is 148 Å². The number of aromatic nitrogens is 5. The summed E-state index contributed by atoms with van der Waals surface area (Å²) in [5.74, 6) is -0.419. The highest BCUT2D eigenvalue weighted by molar-refractivity contribution is 6.36. The summed E-state index contributed by atoms with van der Waals surface area (Å²) in [7, 11) is 4.29. The molecule has 1 aliphatic carbocycles. The van der Waals surface area contributed by atoms with Crippen molar-refractivity contribution in [2.45, 2.75) is 50.6 Å². The van der Waals surface area contributed by atoms with Crippen molar-refractivity contribution in [1.29, 1.82) is 0 Å². The Hall–Kier alpha value is -5.41. The number of pyridine rings is 1. The number of nitrogens with one attached hydrogen (secondary N) is 3. The van der Waals surface area contributed by atoms with Gasteiger partial charge in [0, 0.05) is 62.1 Å². The minimum absolute atomic E-state index is 0.102. The number of rotatable bonds is 7. The number of alkyl halides is 2. The maximum absolute atomic E-state index is 13.9. The second kappa shape index (κ2) is 13.5. The fourth-order valence-electron chi connectivity index (χ4n) is 8.27. The number of benzene rings is 2. The minimum Gasteiger partial charge on any atom is -0.481 e. The Morgan fingerprint density at radius 1 is 1.02 bits per heavy atom. The molecular formula is C38H38ClF2N9O4. The Morgan fingerprint density at radius 2 is 1.78 bits per heavy atom. The summed E-state index contributed by atoms with van der Waals surface area (Å²) < 4.78 is 35.7. The van der Waals surface area contributed by atoms with Crippen LogP contribution in [0.1, 0.15) is 54.2 Å². The lowest BCUT2D eigenvalue weighted by Crippen LogP contribution is -2.59. The van der Waals surface area contributed by atoms with E-state index in [1.54, 1.807) is 19.2 Å². The molecule has 2 atom stereocenters. The third-order valence-corrected chi connectivity index (χ3v) is 11.5. The Morgan fingerprint density at radius 3 is 2.54 bits per heavy atom. The van der Waals surface area contributed by atoms with Gasteiger partial charge in [0.15, 0.2) is 11.5 Å². The molecule has 54 heavy (non-hydrogen) atoms. The zero-order valence-corrected chi connectivity index (χ0v) is 30.9. The van der Waals surface area contributed by atoms with Crippen molar-refractivity contribution in [3.05, 3.63) is 90.8 Å². The van der Waals surface area contributed by atoms with Crippen LogP contribution in [0.3, 0.4) is 0 Å². The molecule has 0 radical (unpaired) electrons. The second-order valence-electron chi connectivity index (χ2n) is 14.2. The average molecular weight is 758 g/mol. The molecule has 0 saturated carbocycles. The first-order chi connectivity index (χ1) is 25.9. The Bertz CT molecular complexity index is 2490. The Labute approximate surface area is 313 Å². The van der Waals surface area contributed by atoms with Crippen LogP contribution in [-0.4, -0.2) is 67.3 Å². The number of carbonyl (C=O) groups is 1. The molecule has 5 aromatic rings.